The molecule has 1 amide bonds. The van der Waals surface area contributed by atoms with Crippen LogP contribution in [0.1, 0.15) is 0 Å². The first-order valence-corrected chi connectivity index (χ1v) is 3.53. The minimum Gasteiger partial charge on any atom is -0.382 e. The van der Waals surface area contributed by atoms with E-state index in [1.165, 1.54) is 5.32 Å². The van der Waals surface area contributed by atoms with E-state index in [9.17, 15) is 22.8 Å². The second-order valence-corrected chi connectivity index (χ2v) is 2.44. The minimum atomic E-state index is -5.09. The molecule has 0 unspecified atom stereocenters. The number of nitrogens with zero attached hydrogens (tertiary/aromatic N) is 1. The van der Waals surface area contributed by atoms with Gasteiger partial charge in [-0.3, -0.25) is 9.59 Å². The number of carbonyl (C=O) groups excluding carboxylic acids is 1. The van der Waals surface area contributed by atoms with Gasteiger partial charge in [0, 0.05) is 0 Å². The van der Waals surface area contributed by atoms with Crippen molar-refractivity contribution in [2.45, 2.75) is 6.18 Å². The number of hydrogen-bond donors (Lipinski definition) is 3. The number of nitrogens with two attached hydrogens (primary N) is 1. The van der Waals surface area contributed by atoms with E-state index >= 15 is 0 Å². The van der Waals surface area contributed by atoms with Gasteiger partial charge in [-0.05, 0) is 0 Å². The lowest BCUT2D eigenvalue weighted by Gasteiger charge is -2.07. The molecule has 1 heterocycles. The lowest BCUT2D eigenvalue weighted by Crippen LogP contribution is -2.33. The van der Waals surface area contributed by atoms with Gasteiger partial charge in [-0.2, -0.15) is 13.2 Å². The maximum Gasteiger partial charge on any atom is 0.471 e. The first-order valence-electron chi connectivity index (χ1n) is 3.53. The molecule has 0 aliphatic heterocycles. The topological polar surface area (TPSA) is 101 Å². The molecular formula is C6H5F3N4O2. The van der Waals surface area contributed by atoms with Crippen molar-refractivity contribution in [3.63, 3.8) is 0 Å². The van der Waals surface area contributed by atoms with Gasteiger partial charge in [0.15, 0.2) is 5.82 Å². The minimum absolute atomic E-state index is 0.489. The molecule has 15 heavy (non-hydrogen) atoms. The van der Waals surface area contributed by atoms with Crippen LogP contribution in [0.4, 0.5) is 24.7 Å². The highest BCUT2D eigenvalue weighted by Crippen LogP contribution is 2.18. The number of alkyl halides is 3. The van der Waals surface area contributed by atoms with Gasteiger partial charge >= 0.3 is 12.1 Å². The van der Waals surface area contributed by atoms with E-state index in [0.717, 1.165) is 6.33 Å². The summed E-state index contributed by atoms with van der Waals surface area (Å²) in [6, 6.07) is 0. The van der Waals surface area contributed by atoms with E-state index in [1.807, 2.05) is 4.98 Å². The molecule has 82 valence electrons. The molecule has 0 bridgehead atoms. The average molecular weight is 222 g/mol. The van der Waals surface area contributed by atoms with E-state index in [0.29, 0.717) is 0 Å². The number of aromatic nitrogens is 2. The molecular weight excluding hydrogens is 217 g/mol. The third kappa shape index (κ3) is 2.45. The monoisotopic (exact) mass is 222 g/mol. The first kappa shape index (κ1) is 11.0. The van der Waals surface area contributed by atoms with Crippen LogP contribution in [0.15, 0.2) is 11.1 Å². The zero-order chi connectivity index (χ0) is 11.6. The summed E-state index contributed by atoms with van der Waals surface area (Å²) < 4.78 is 35.4. The number of aromatic amines is 1. The molecule has 0 radical (unpaired) electrons. The Morgan fingerprint density at radius 1 is 1.53 bits per heavy atom. The van der Waals surface area contributed by atoms with Crippen molar-refractivity contribution in [3.8, 4) is 0 Å². The van der Waals surface area contributed by atoms with Crippen LogP contribution in [0.5, 0.6) is 0 Å². The van der Waals surface area contributed by atoms with E-state index < -0.39 is 29.1 Å². The van der Waals surface area contributed by atoms with Gasteiger partial charge in [0.25, 0.3) is 5.56 Å². The quantitative estimate of drug-likeness (QED) is 0.615. The lowest BCUT2D eigenvalue weighted by molar-refractivity contribution is -0.167. The molecule has 1 aromatic rings. The summed E-state index contributed by atoms with van der Waals surface area (Å²) in [5.74, 6) is -2.77. The molecule has 0 spiro atoms. The Kier molecular flexibility index (Phi) is 2.64. The number of hydrogen-bond acceptors (Lipinski definition) is 4. The van der Waals surface area contributed by atoms with Gasteiger partial charge in [0.05, 0.1) is 6.33 Å². The third-order valence-electron chi connectivity index (χ3n) is 1.38. The fraction of sp³-hybridized carbons (Fsp3) is 0.167. The van der Waals surface area contributed by atoms with Gasteiger partial charge in [0.1, 0.15) is 5.69 Å². The van der Waals surface area contributed by atoms with Crippen LogP contribution in [0.25, 0.3) is 0 Å². The molecule has 0 aliphatic rings. The van der Waals surface area contributed by atoms with Crippen molar-refractivity contribution in [1.82, 2.24) is 9.97 Å². The third-order valence-corrected chi connectivity index (χ3v) is 1.38. The SMILES string of the molecule is Nc1nc[nH]c(=O)c1NC(=O)C(F)(F)F. The Labute approximate surface area is 80.3 Å². The number of carbonyl (C=O) groups is 1. The molecule has 9 heteroatoms. The predicted molar refractivity (Wildman–Crippen MR) is 44.0 cm³/mol. The predicted octanol–water partition coefficient (Wildman–Crippen LogP) is -0.147. The van der Waals surface area contributed by atoms with Gasteiger partial charge in [-0.15, -0.1) is 0 Å². The van der Waals surface area contributed by atoms with Crippen molar-refractivity contribution >= 4 is 17.4 Å². The maximum atomic E-state index is 11.8. The maximum absolute atomic E-state index is 11.8. The summed E-state index contributed by atoms with van der Waals surface area (Å²) >= 11 is 0. The van der Waals surface area contributed by atoms with E-state index in [1.54, 1.807) is 0 Å². The number of rotatable bonds is 1. The van der Waals surface area contributed by atoms with Gasteiger partial charge < -0.3 is 16.0 Å². The van der Waals surface area contributed by atoms with Crippen LogP contribution in [-0.2, 0) is 4.79 Å². The molecule has 1 rings (SSSR count). The average Bonchev–Trinajstić information content (AvgIpc) is 2.09. The molecule has 0 aromatic carbocycles. The van der Waals surface area contributed by atoms with E-state index in [4.69, 9.17) is 5.73 Å². The zero-order valence-electron chi connectivity index (χ0n) is 7.05. The van der Waals surface area contributed by atoms with Crippen molar-refractivity contribution < 1.29 is 18.0 Å². The Bertz CT molecular complexity index is 439. The van der Waals surface area contributed by atoms with Crippen LogP contribution < -0.4 is 16.6 Å². The number of amides is 1. The van der Waals surface area contributed by atoms with Gasteiger partial charge in [-0.25, -0.2) is 4.98 Å². The van der Waals surface area contributed by atoms with Crippen LogP contribution in [0, 0.1) is 0 Å². The number of anilines is 2. The van der Waals surface area contributed by atoms with Crippen LogP contribution >= 0.6 is 0 Å². The molecule has 0 saturated carbocycles. The normalized spacial score (nSPS) is 11.1. The lowest BCUT2D eigenvalue weighted by atomic mass is 10.4. The summed E-state index contributed by atoms with van der Waals surface area (Å²) in [6.45, 7) is 0. The molecule has 6 nitrogen and oxygen atoms in total. The highest BCUT2D eigenvalue weighted by molar-refractivity contribution is 5.96. The van der Waals surface area contributed by atoms with Crippen molar-refractivity contribution in [1.29, 1.82) is 0 Å². The van der Waals surface area contributed by atoms with Crippen molar-refractivity contribution in [2.75, 3.05) is 11.1 Å². The number of halogens is 3. The molecule has 0 saturated heterocycles. The van der Waals surface area contributed by atoms with Gasteiger partial charge in [0.2, 0.25) is 0 Å². The highest BCUT2D eigenvalue weighted by atomic mass is 19.4. The molecule has 0 fully saturated rings. The largest absolute Gasteiger partial charge is 0.471 e. The Balaban J connectivity index is 3.01. The molecule has 0 atom stereocenters. The molecule has 1 aromatic heterocycles. The molecule has 0 aliphatic carbocycles. The van der Waals surface area contributed by atoms with Crippen LogP contribution in [-0.4, -0.2) is 22.1 Å². The Morgan fingerprint density at radius 2 is 2.13 bits per heavy atom. The second-order valence-electron chi connectivity index (χ2n) is 2.44. The summed E-state index contributed by atoms with van der Waals surface area (Å²) in [5, 5.41) is 1.32. The number of nitrogen functional groups attached to an aromatic ring is 1. The molecule has 4 N–H and O–H groups in total. The van der Waals surface area contributed by atoms with Crippen LogP contribution in [0.2, 0.25) is 0 Å². The summed E-state index contributed by atoms with van der Waals surface area (Å²) in [6.07, 6.45) is -4.18. The summed E-state index contributed by atoms with van der Waals surface area (Å²) in [4.78, 5) is 26.7. The highest BCUT2D eigenvalue weighted by Gasteiger charge is 2.39. The zero-order valence-corrected chi connectivity index (χ0v) is 7.05. The second kappa shape index (κ2) is 3.59. The van der Waals surface area contributed by atoms with E-state index in [-0.39, 0.29) is 0 Å². The van der Waals surface area contributed by atoms with Crippen molar-refractivity contribution in [2.24, 2.45) is 0 Å². The van der Waals surface area contributed by atoms with Gasteiger partial charge in [-0.1, -0.05) is 0 Å². The summed E-state index contributed by atoms with van der Waals surface area (Å²) in [5.41, 5.74) is 3.42. The Morgan fingerprint density at radius 3 is 2.60 bits per heavy atom. The van der Waals surface area contributed by atoms with E-state index in [2.05, 4.69) is 4.98 Å². The fourth-order valence-electron chi connectivity index (χ4n) is 0.719. The first-order chi connectivity index (χ1) is 6.82. The number of nitrogens with one attached hydrogen (secondary N) is 2. The Hall–Kier alpha value is -2.06. The number of H-pyrrole nitrogens is 1. The van der Waals surface area contributed by atoms with Crippen molar-refractivity contribution in [3.05, 3.63) is 16.7 Å². The van der Waals surface area contributed by atoms with Crippen LogP contribution in [0.3, 0.4) is 0 Å². The fourth-order valence-corrected chi connectivity index (χ4v) is 0.719. The summed E-state index contributed by atoms with van der Waals surface area (Å²) in [7, 11) is 0. The standard InChI is InChI=1S/C6H5F3N4O2/c7-6(8,9)5(15)13-2-3(10)11-1-12-4(2)14/h1H,(H,13,15)(H3,10,11,12,14). The smallest absolute Gasteiger partial charge is 0.382 e.